The van der Waals surface area contributed by atoms with Gasteiger partial charge < -0.3 is 20.1 Å². The van der Waals surface area contributed by atoms with Crippen LogP contribution in [0.3, 0.4) is 0 Å². The highest BCUT2D eigenvalue weighted by Crippen LogP contribution is 2.32. The second-order valence-electron chi connectivity index (χ2n) is 3.87. The Labute approximate surface area is 111 Å². The number of hydrogen-bond acceptors (Lipinski definition) is 6. The number of halogens is 3. The normalized spacial score (nSPS) is 11.8. The number of rotatable bonds is 4. The van der Waals surface area contributed by atoms with Crippen molar-refractivity contribution in [3.63, 3.8) is 0 Å². The Morgan fingerprint density at radius 1 is 1.35 bits per heavy atom. The maximum Gasteiger partial charge on any atom is 0.411 e. The van der Waals surface area contributed by atoms with Gasteiger partial charge in [0.15, 0.2) is 11.6 Å². The maximum atomic E-state index is 11.9. The van der Waals surface area contributed by atoms with Crippen molar-refractivity contribution in [2.75, 3.05) is 12.3 Å². The third kappa shape index (κ3) is 3.38. The summed E-state index contributed by atoms with van der Waals surface area (Å²) < 4.78 is 44.9. The van der Waals surface area contributed by atoms with E-state index in [9.17, 15) is 18.3 Å². The number of nitrogens with two attached hydrogens (primary N) is 1. The van der Waals surface area contributed by atoms with Crippen LogP contribution in [-0.4, -0.2) is 28.0 Å². The summed E-state index contributed by atoms with van der Waals surface area (Å²) in [5.74, 6) is -0.356. The van der Waals surface area contributed by atoms with Crippen LogP contribution in [0.4, 0.5) is 18.9 Å². The zero-order valence-corrected chi connectivity index (χ0v) is 10.0. The van der Waals surface area contributed by atoms with Crippen LogP contribution in [-0.2, 0) is 11.3 Å². The molecular formula is C11H10F3N3O3. The Balaban J connectivity index is 2.07. The second kappa shape index (κ2) is 5.37. The van der Waals surface area contributed by atoms with Crippen molar-refractivity contribution in [1.82, 2.24) is 10.1 Å². The number of phenolic OH excluding ortho intramolecular Hbond substituents is 1. The summed E-state index contributed by atoms with van der Waals surface area (Å²) in [4.78, 5) is 3.82. The average molecular weight is 289 g/mol. The molecule has 20 heavy (non-hydrogen) atoms. The molecule has 0 aliphatic rings. The molecule has 9 heteroatoms. The van der Waals surface area contributed by atoms with Gasteiger partial charge in [-0.25, -0.2) is 0 Å². The fraction of sp³-hybridized carbons (Fsp3) is 0.273. The summed E-state index contributed by atoms with van der Waals surface area (Å²) in [5, 5.41) is 13.2. The van der Waals surface area contributed by atoms with Gasteiger partial charge in [-0.1, -0.05) is 11.2 Å². The van der Waals surface area contributed by atoms with Gasteiger partial charge in [0.05, 0.1) is 11.3 Å². The predicted octanol–water partition coefficient (Wildman–Crippen LogP) is 2.10. The van der Waals surface area contributed by atoms with E-state index in [2.05, 4.69) is 14.9 Å². The minimum absolute atomic E-state index is 0.0552. The Bertz CT molecular complexity index is 598. The number of anilines is 1. The first-order valence-electron chi connectivity index (χ1n) is 5.42. The molecule has 2 aromatic rings. The fourth-order valence-electron chi connectivity index (χ4n) is 1.41. The lowest BCUT2D eigenvalue weighted by molar-refractivity contribution is -0.177. The largest absolute Gasteiger partial charge is 0.505 e. The first-order chi connectivity index (χ1) is 9.37. The van der Waals surface area contributed by atoms with Crippen LogP contribution in [0.2, 0.25) is 0 Å². The molecule has 0 amide bonds. The van der Waals surface area contributed by atoms with E-state index in [-0.39, 0.29) is 28.7 Å². The van der Waals surface area contributed by atoms with E-state index in [4.69, 9.17) is 10.3 Å². The summed E-state index contributed by atoms with van der Waals surface area (Å²) in [6.07, 6.45) is -4.42. The zero-order valence-electron chi connectivity index (χ0n) is 10.0. The highest BCUT2D eigenvalue weighted by Gasteiger charge is 2.27. The van der Waals surface area contributed by atoms with Crippen molar-refractivity contribution in [2.24, 2.45) is 0 Å². The number of hydrogen-bond donors (Lipinski definition) is 2. The fourth-order valence-corrected chi connectivity index (χ4v) is 1.41. The summed E-state index contributed by atoms with van der Waals surface area (Å²) in [5.41, 5.74) is 5.82. The van der Waals surface area contributed by atoms with E-state index in [0.29, 0.717) is 0 Å². The van der Waals surface area contributed by atoms with E-state index in [1.807, 2.05) is 0 Å². The molecule has 0 radical (unpaired) electrons. The van der Waals surface area contributed by atoms with Gasteiger partial charge in [-0.2, -0.15) is 18.2 Å². The number of nitrogens with zero attached hydrogens (tertiary/aromatic N) is 2. The lowest BCUT2D eigenvalue weighted by Crippen LogP contribution is -2.16. The number of aromatic hydroxyl groups is 1. The highest BCUT2D eigenvalue weighted by molar-refractivity contribution is 5.71. The third-order valence-corrected chi connectivity index (χ3v) is 2.26. The van der Waals surface area contributed by atoms with Crippen molar-refractivity contribution >= 4 is 5.69 Å². The number of benzene rings is 1. The summed E-state index contributed by atoms with van der Waals surface area (Å²) >= 11 is 0. The van der Waals surface area contributed by atoms with Crippen molar-refractivity contribution in [1.29, 1.82) is 0 Å². The molecule has 0 unspecified atom stereocenters. The summed E-state index contributed by atoms with van der Waals surface area (Å²) in [7, 11) is 0. The van der Waals surface area contributed by atoms with E-state index in [1.165, 1.54) is 12.1 Å². The van der Waals surface area contributed by atoms with Crippen molar-refractivity contribution in [2.45, 2.75) is 12.8 Å². The molecule has 6 nitrogen and oxygen atoms in total. The molecule has 108 valence electrons. The molecule has 3 N–H and O–H groups in total. The van der Waals surface area contributed by atoms with Crippen LogP contribution in [0.25, 0.3) is 11.5 Å². The average Bonchev–Trinajstić information content (AvgIpc) is 2.79. The van der Waals surface area contributed by atoms with Gasteiger partial charge in [0.25, 0.3) is 5.89 Å². The van der Waals surface area contributed by atoms with Gasteiger partial charge in [0.2, 0.25) is 0 Å². The Morgan fingerprint density at radius 2 is 2.10 bits per heavy atom. The standard InChI is InChI=1S/C11H10F3N3O3/c12-11(13,14)5-19-4-8-16-10(20-17-8)6-2-1-3-7(15)9(6)18/h1-3,18H,4-5,15H2. The van der Waals surface area contributed by atoms with Gasteiger partial charge in [-0.05, 0) is 12.1 Å². The lowest BCUT2D eigenvalue weighted by Gasteiger charge is -2.04. The molecule has 1 aromatic heterocycles. The van der Waals surface area contributed by atoms with Gasteiger partial charge in [0, 0.05) is 0 Å². The Morgan fingerprint density at radius 3 is 2.80 bits per heavy atom. The third-order valence-electron chi connectivity index (χ3n) is 2.26. The van der Waals surface area contributed by atoms with Crippen molar-refractivity contribution in [3.8, 4) is 17.2 Å². The van der Waals surface area contributed by atoms with Crippen LogP contribution in [0.5, 0.6) is 5.75 Å². The number of para-hydroxylation sites is 1. The molecule has 0 spiro atoms. The second-order valence-corrected chi connectivity index (χ2v) is 3.87. The first-order valence-corrected chi connectivity index (χ1v) is 5.42. The molecule has 2 rings (SSSR count). The van der Waals surface area contributed by atoms with Crippen LogP contribution >= 0.6 is 0 Å². The van der Waals surface area contributed by atoms with Crippen LogP contribution in [0.15, 0.2) is 22.7 Å². The number of alkyl halides is 3. The minimum Gasteiger partial charge on any atom is -0.505 e. The molecular weight excluding hydrogens is 279 g/mol. The van der Waals surface area contributed by atoms with E-state index < -0.39 is 19.4 Å². The molecule has 1 heterocycles. The highest BCUT2D eigenvalue weighted by atomic mass is 19.4. The maximum absolute atomic E-state index is 11.9. The summed E-state index contributed by atoms with van der Waals surface area (Å²) in [6.45, 7) is -1.85. The number of nitrogen functional groups attached to an aromatic ring is 1. The van der Waals surface area contributed by atoms with Gasteiger partial charge in [0.1, 0.15) is 13.2 Å². The van der Waals surface area contributed by atoms with E-state index in [1.54, 1.807) is 6.07 Å². The molecule has 0 saturated heterocycles. The van der Waals surface area contributed by atoms with Gasteiger partial charge in [-0.15, -0.1) is 0 Å². The monoisotopic (exact) mass is 289 g/mol. The SMILES string of the molecule is Nc1cccc(-c2nc(COCC(F)(F)F)no2)c1O. The minimum atomic E-state index is -4.42. The van der Waals surface area contributed by atoms with Crippen molar-refractivity contribution < 1.29 is 27.5 Å². The van der Waals surface area contributed by atoms with Crippen molar-refractivity contribution in [3.05, 3.63) is 24.0 Å². The number of ether oxygens (including phenoxy) is 1. The first kappa shape index (κ1) is 14.1. The molecule has 0 bridgehead atoms. The lowest BCUT2D eigenvalue weighted by atomic mass is 10.2. The van der Waals surface area contributed by atoms with E-state index >= 15 is 0 Å². The van der Waals surface area contributed by atoms with Gasteiger partial charge >= 0.3 is 6.18 Å². The quantitative estimate of drug-likeness (QED) is 0.661. The summed E-state index contributed by atoms with van der Waals surface area (Å²) in [6, 6.07) is 4.52. The molecule has 0 atom stereocenters. The van der Waals surface area contributed by atoms with Crippen LogP contribution < -0.4 is 5.73 Å². The van der Waals surface area contributed by atoms with Crippen LogP contribution in [0, 0.1) is 0 Å². The number of phenols is 1. The molecule has 0 aliphatic heterocycles. The Hall–Kier alpha value is -2.29. The Kier molecular flexibility index (Phi) is 3.79. The molecule has 0 aliphatic carbocycles. The molecule has 0 fully saturated rings. The molecule has 0 saturated carbocycles. The van der Waals surface area contributed by atoms with Crippen LogP contribution in [0.1, 0.15) is 5.82 Å². The smallest absolute Gasteiger partial charge is 0.411 e. The van der Waals surface area contributed by atoms with E-state index in [0.717, 1.165) is 0 Å². The number of aromatic nitrogens is 2. The molecule has 1 aromatic carbocycles. The predicted molar refractivity (Wildman–Crippen MR) is 61.5 cm³/mol. The van der Waals surface area contributed by atoms with Gasteiger partial charge in [-0.3, -0.25) is 0 Å². The zero-order chi connectivity index (χ0) is 14.8. The topological polar surface area (TPSA) is 94.4 Å².